The summed E-state index contributed by atoms with van der Waals surface area (Å²) in [4.78, 5) is 14.6. The number of esters is 1. The van der Waals surface area contributed by atoms with Gasteiger partial charge in [-0.2, -0.15) is 4.98 Å². The molecule has 0 spiro atoms. The molecule has 0 amide bonds. The quantitative estimate of drug-likeness (QED) is 0.667. The van der Waals surface area contributed by atoms with Crippen molar-refractivity contribution in [2.24, 2.45) is 0 Å². The van der Waals surface area contributed by atoms with Crippen LogP contribution in [0.5, 0.6) is 0 Å². The van der Waals surface area contributed by atoms with Crippen molar-refractivity contribution in [3.8, 4) is 0 Å². The minimum atomic E-state index is -1.46. The van der Waals surface area contributed by atoms with Gasteiger partial charge in [0.25, 0.3) is 0 Å². The predicted octanol–water partition coefficient (Wildman–Crippen LogP) is -0.0255. The number of nitrogens with zero attached hydrogens (tertiary/aromatic N) is 2. The fourth-order valence-electron chi connectivity index (χ4n) is 0.753. The van der Waals surface area contributed by atoms with Crippen molar-refractivity contribution in [2.75, 3.05) is 6.61 Å². The summed E-state index contributed by atoms with van der Waals surface area (Å²) in [7, 11) is 0. The van der Waals surface area contributed by atoms with Crippen LogP contribution in [0.15, 0.2) is 4.52 Å². The molecule has 0 aliphatic carbocycles. The van der Waals surface area contributed by atoms with Crippen molar-refractivity contribution in [1.29, 1.82) is 0 Å². The topological polar surface area (TPSA) is 85.5 Å². The number of aliphatic hydroxyl groups is 1. The molecule has 6 heteroatoms. The second-order valence-corrected chi connectivity index (χ2v) is 2.33. The van der Waals surface area contributed by atoms with Gasteiger partial charge in [-0.15, -0.1) is 0 Å². The summed E-state index contributed by atoms with van der Waals surface area (Å²) < 4.78 is 9.14. The highest BCUT2D eigenvalue weighted by atomic mass is 16.5. The second kappa shape index (κ2) is 3.99. The van der Waals surface area contributed by atoms with Crippen molar-refractivity contribution >= 4 is 5.97 Å². The smallest absolute Gasteiger partial charge is 0.343 e. The van der Waals surface area contributed by atoms with Gasteiger partial charge in [0.1, 0.15) is 0 Å². The molecule has 1 heterocycles. The van der Waals surface area contributed by atoms with Crippen LogP contribution in [0.25, 0.3) is 0 Å². The molecule has 0 aliphatic rings. The molecule has 0 unspecified atom stereocenters. The lowest BCUT2D eigenvalue weighted by Gasteiger charge is -2.03. The van der Waals surface area contributed by atoms with Gasteiger partial charge in [-0.25, -0.2) is 4.79 Å². The summed E-state index contributed by atoms with van der Waals surface area (Å²) in [6.45, 7) is 3.41. The van der Waals surface area contributed by atoms with Crippen LogP contribution in [0.4, 0.5) is 0 Å². The minimum absolute atomic E-state index is 0.0732. The number of aliphatic hydroxyl groups excluding tert-OH is 1. The van der Waals surface area contributed by atoms with E-state index in [1.807, 2.05) is 0 Å². The fraction of sp³-hybridized carbons (Fsp3) is 0.571. The molecule has 0 bridgehead atoms. The highest BCUT2D eigenvalue weighted by Gasteiger charge is 2.23. The van der Waals surface area contributed by atoms with E-state index in [-0.39, 0.29) is 12.4 Å². The molecule has 1 rings (SSSR count). The maximum atomic E-state index is 11.0. The first-order valence-corrected chi connectivity index (χ1v) is 3.80. The zero-order valence-corrected chi connectivity index (χ0v) is 7.35. The maximum Gasteiger partial charge on any atom is 0.343 e. The van der Waals surface area contributed by atoms with E-state index in [0.717, 1.165) is 0 Å². The standard InChI is InChI=1S/C7H10N2O4/c1-3-12-7(11)5(10)6-8-4(2)13-9-6/h5,10H,3H2,1-2H3/t5-/m0/s1. The number of aryl methyl sites for hydroxylation is 1. The largest absolute Gasteiger partial charge is 0.464 e. The molecule has 1 N–H and O–H groups in total. The number of aromatic nitrogens is 2. The lowest BCUT2D eigenvalue weighted by Crippen LogP contribution is -2.16. The normalized spacial score (nSPS) is 12.5. The third kappa shape index (κ3) is 2.25. The molecular weight excluding hydrogens is 176 g/mol. The van der Waals surface area contributed by atoms with Gasteiger partial charge in [-0.3, -0.25) is 0 Å². The predicted molar refractivity (Wildman–Crippen MR) is 40.6 cm³/mol. The first kappa shape index (κ1) is 9.66. The van der Waals surface area contributed by atoms with Gasteiger partial charge in [0.15, 0.2) is 0 Å². The van der Waals surface area contributed by atoms with E-state index in [2.05, 4.69) is 19.4 Å². The Kier molecular flexibility index (Phi) is 2.97. The van der Waals surface area contributed by atoms with Crippen molar-refractivity contribution in [1.82, 2.24) is 10.1 Å². The van der Waals surface area contributed by atoms with Gasteiger partial charge in [0, 0.05) is 6.92 Å². The summed E-state index contributed by atoms with van der Waals surface area (Å²) in [5, 5.41) is 12.7. The average molecular weight is 186 g/mol. The Morgan fingerprint density at radius 2 is 2.46 bits per heavy atom. The number of ether oxygens (including phenoxy) is 1. The second-order valence-electron chi connectivity index (χ2n) is 2.33. The van der Waals surface area contributed by atoms with Crippen LogP contribution in [0, 0.1) is 6.92 Å². The molecule has 1 aromatic rings. The van der Waals surface area contributed by atoms with Gasteiger partial charge in [-0.1, -0.05) is 5.16 Å². The summed E-state index contributed by atoms with van der Waals surface area (Å²) in [5.41, 5.74) is 0. The van der Waals surface area contributed by atoms with Crippen molar-refractivity contribution in [3.63, 3.8) is 0 Å². The summed E-state index contributed by atoms with van der Waals surface area (Å²) >= 11 is 0. The van der Waals surface area contributed by atoms with E-state index >= 15 is 0 Å². The first-order valence-electron chi connectivity index (χ1n) is 3.80. The number of hydrogen-bond donors (Lipinski definition) is 1. The summed E-state index contributed by atoms with van der Waals surface area (Å²) in [5.74, 6) is -0.558. The molecule has 6 nitrogen and oxygen atoms in total. The van der Waals surface area contributed by atoms with Gasteiger partial charge in [0.05, 0.1) is 6.61 Å². The Balaban J connectivity index is 2.67. The van der Waals surface area contributed by atoms with Gasteiger partial charge in [0.2, 0.25) is 17.8 Å². The van der Waals surface area contributed by atoms with Crippen LogP contribution in [0.1, 0.15) is 24.7 Å². The minimum Gasteiger partial charge on any atom is -0.464 e. The lowest BCUT2D eigenvalue weighted by atomic mass is 10.3. The highest BCUT2D eigenvalue weighted by molar-refractivity contribution is 5.74. The number of carbonyl (C=O) groups is 1. The third-order valence-electron chi connectivity index (χ3n) is 1.30. The van der Waals surface area contributed by atoms with E-state index < -0.39 is 12.1 Å². The van der Waals surface area contributed by atoms with Crippen LogP contribution < -0.4 is 0 Å². The molecule has 0 radical (unpaired) electrons. The SMILES string of the molecule is CCOC(=O)[C@@H](O)c1noc(C)n1. The average Bonchev–Trinajstić information content (AvgIpc) is 2.51. The molecule has 0 saturated carbocycles. The molecule has 1 aromatic heterocycles. The lowest BCUT2D eigenvalue weighted by molar-refractivity contribution is -0.153. The van der Waals surface area contributed by atoms with E-state index in [9.17, 15) is 9.90 Å². The fourth-order valence-corrected chi connectivity index (χ4v) is 0.753. The monoisotopic (exact) mass is 186 g/mol. The summed E-state index contributed by atoms with van der Waals surface area (Å²) in [6, 6.07) is 0. The van der Waals surface area contributed by atoms with Gasteiger partial charge >= 0.3 is 5.97 Å². The Labute approximate surface area is 74.5 Å². The molecule has 0 aromatic carbocycles. The number of hydrogen-bond acceptors (Lipinski definition) is 6. The molecule has 0 saturated heterocycles. The van der Waals surface area contributed by atoms with Crippen molar-refractivity contribution in [3.05, 3.63) is 11.7 Å². The molecule has 72 valence electrons. The van der Waals surface area contributed by atoms with E-state index in [1.54, 1.807) is 13.8 Å². The Hall–Kier alpha value is -1.43. The molecule has 13 heavy (non-hydrogen) atoms. The van der Waals surface area contributed by atoms with Crippen LogP contribution in [0.2, 0.25) is 0 Å². The zero-order valence-electron chi connectivity index (χ0n) is 7.35. The van der Waals surface area contributed by atoms with Crippen LogP contribution in [-0.2, 0) is 9.53 Å². The van der Waals surface area contributed by atoms with Crippen LogP contribution in [0.3, 0.4) is 0 Å². The Morgan fingerprint density at radius 1 is 1.77 bits per heavy atom. The number of rotatable bonds is 3. The maximum absolute atomic E-state index is 11.0. The van der Waals surface area contributed by atoms with Crippen LogP contribution >= 0.6 is 0 Å². The molecule has 0 aliphatic heterocycles. The molecule has 1 atom stereocenters. The van der Waals surface area contributed by atoms with E-state index in [1.165, 1.54) is 0 Å². The molecule has 0 fully saturated rings. The van der Waals surface area contributed by atoms with E-state index in [0.29, 0.717) is 5.89 Å². The first-order chi connectivity index (χ1) is 6.15. The van der Waals surface area contributed by atoms with E-state index in [4.69, 9.17) is 0 Å². The Morgan fingerprint density at radius 3 is 2.92 bits per heavy atom. The van der Waals surface area contributed by atoms with Gasteiger partial charge < -0.3 is 14.4 Å². The highest BCUT2D eigenvalue weighted by Crippen LogP contribution is 2.09. The summed E-state index contributed by atoms with van der Waals surface area (Å²) in [6.07, 6.45) is -1.46. The Bertz CT molecular complexity index is 296. The van der Waals surface area contributed by atoms with Crippen LogP contribution in [-0.4, -0.2) is 27.8 Å². The van der Waals surface area contributed by atoms with Crippen molar-refractivity contribution < 1.29 is 19.2 Å². The van der Waals surface area contributed by atoms with Gasteiger partial charge in [-0.05, 0) is 6.92 Å². The number of carbonyl (C=O) groups excluding carboxylic acids is 1. The third-order valence-corrected chi connectivity index (χ3v) is 1.30. The van der Waals surface area contributed by atoms with Crippen molar-refractivity contribution in [2.45, 2.75) is 20.0 Å². The molecular formula is C7H10N2O4. The zero-order chi connectivity index (χ0) is 9.84.